The number of nitrogen functional groups attached to an aromatic ring is 1. The van der Waals surface area contributed by atoms with Crippen LogP contribution in [0.4, 0.5) is 11.4 Å². The first kappa shape index (κ1) is 20.4. The average Bonchev–Trinajstić information content (AvgIpc) is 3.29. The van der Waals surface area contributed by atoms with Crippen molar-refractivity contribution in [3.8, 4) is 10.7 Å². The molecule has 3 aromatic heterocycles. The van der Waals surface area contributed by atoms with Crippen LogP contribution in [0.2, 0.25) is 5.02 Å². The molecular weight excluding hydrogens is 440 g/mol. The van der Waals surface area contributed by atoms with Crippen molar-refractivity contribution in [3.63, 3.8) is 0 Å². The first-order valence-electron chi connectivity index (χ1n) is 8.93. The number of nitrogens with two attached hydrogens (primary N) is 1. The number of thioether (sulfide) groups is 1. The number of benzene rings is 1. The zero-order valence-electron chi connectivity index (χ0n) is 15.7. The molecule has 4 rings (SSSR count). The minimum Gasteiger partial charge on any atom is -0.397 e. The van der Waals surface area contributed by atoms with Gasteiger partial charge in [-0.25, -0.2) is 4.98 Å². The molecule has 0 radical (unpaired) electrons. The number of carbonyl (C=O) groups is 1. The third-order valence-electron chi connectivity index (χ3n) is 4.22. The Morgan fingerprint density at radius 1 is 1.30 bits per heavy atom. The number of anilines is 2. The maximum atomic E-state index is 12.4. The largest absolute Gasteiger partial charge is 0.397 e. The fourth-order valence-electron chi connectivity index (χ4n) is 2.85. The van der Waals surface area contributed by atoms with Gasteiger partial charge in [-0.2, -0.15) is 0 Å². The number of hydrogen-bond donors (Lipinski definition) is 2. The van der Waals surface area contributed by atoms with Gasteiger partial charge in [0.2, 0.25) is 5.91 Å². The molecular formula is C20H17ClN6OS2. The smallest absolute Gasteiger partial charge is 0.234 e. The van der Waals surface area contributed by atoms with Crippen LogP contribution in [-0.4, -0.2) is 31.4 Å². The van der Waals surface area contributed by atoms with Gasteiger partial charge in [0, 0.05) is 18.1 Å². The highest BCUT2D eigenvalue weighted by atomic mass is 35.5. The number of hydrogen-bond acceptors (Lipinski definition) is 7. The zero-order chi connectivity index (χ0) is 21.1. The number of aromatic nitrogens is 4. The zero-order valence-corrected chi connectivity index (χ0v) is 18.1. The molecule has 0 aliphatic rings. The van der Waals surface area contributed by atoms with Crippen molar-refractivity contribution in [1.29, 1.82) is 0 Å². The molecule has 0 aliphatic carbocycles. The van der Waals surface area contributed by atoms with Gasteiger partial charge >= 0.3 is 0 Å². The van der Waals surface area contributed by atoms with Crippen LogP contribution in [-0.2, 0) is 11.3 Å². The SMILES string of the molecule is C=CCn1c(SCC(=O)Nc2ccccc2Cl)nnc1-c1sc2ncccc2c1N. The maximum absolute atomic E-state index is 12.4. The third kappa shape index (κ3) is 4.04. The van der Waals surface area contributed by atoms with Crippen LogP contribution in [0.3, 0.4) is 0 Å². The van der Waals surface area contributed by atoms with E-state index in [9.17, 15) is 4.79 Å². The second-order valence-electron chi connectivity index (χ2n) is 6.22. The predicted molar refractivity (Wildman–Crippen MR) is 124 cm³/mol. The Bertz CT molecular complexity index is 1240. The fraction of sp³-hybridized carbons (Fsp3) is 0.100. The summed E-state index contributed by atoms with van der Waals surface area (Å²) in [7, 11) is 0. The molecule has 0 aliphatic heterocycles. The van der Waals surface area contributed by atoms with Crippen LogP contribution in [0.5, 0.6) is 0 Å². The second-order valence-corrected chi connectivity index (χ2v) is 8.57. The van der Waals surface area contributed by atoms with Crippen molar-refractivity contribution >= 4 is 62.2 Å². The molecule has 10 heteroatoms. The monoisotopic (exact) mass is 456 g/mol. The van der Waals surface area contributed by atoms with Crippen LogP contribution in [0.25, 0.3) is 20.9 Å². The molecule has 0 fully saturated rings. The van der Waals surface area contributed by atoms with Crippen molar-refractivity contribution in [2.45, 2.75) is 11.7 Å². The second kappa shape index (κ2) is 8.86. The number of amides is 1. The normalized spacial score (nSPS) is 11.0. The van der Waals surface area contributed by atoms with Gasteiger partial charge in [-0.3, -0.25) is 9.36 Å². The lowest BCUT2D eigenvalue weighted by molar-refractivity contribution is -0.113. The molecule has 0 unspecified atom stereocenters. The van der Waals surface area contributed by atoms with E-state index < -0.39 is 0 Å². The van der Waals surface area contributed by atoms with Crippen LogP contribution >= 0.6 is 34.7 Å². The van der Waals surface area contributed by atoms with Crippen LogP contribution in [0, 0.1) is 0 Å². The summed E-state index contributed by atoms with van der Waals surface area (Å²) in [6.07, 6.45) is 3.48. The van der Waals surface area contributed by atoms with E-state index in [0.717, 1.165) is 15.1 Å². The molecule has 0 saturated carbocycles. The van der Waals surface area contributed by atoms with Gasteiger partial charge in [-0.15, -0.1) is 28.1 Å². The molecule has 0 bridgehead atoms. The van der Waals surface area contributed by atoms with Gasteiger partial charge in [0.15, 0.2) is 11.0 Å². The molecule has 0 atom stereocenters. The number of nitrogens with one attached hydrogen (secondary N) is 1. The molecule has 30 heavy (non-hydrogen) atoms. The van der Waals surface area contributed by atoms with Crippen molar-refractivity contribution in [2.24, 2.45) is 0 Å². The van der Waals surface area contributed by atoms with Crippen molar-refractivity contribution in [3.05, 3.63) is 60.3 Å². The molecule has 152 valence electrons. The molecule has 3 N–H and O–H groups in total. The van der Waals surface area contributed by atoms with Gasteiger partial charge in [-0.05, 0) is 24.3 Å². The van der Waals surface area contributed by atoms with Gasteiger partial charge < -0.3 is 11.1 Å². The Morgan fingerprint density at radius 2 is 2.13 bits per heavy atom. The summed E-state index contributed by atoms with van der Waals surface area (Å²) >= 11 is 8.84. The van der Waals surface area contributed by atoms with E-state index in [1.807, 2.05) is 22.8 Å². The van der Waals surface area contributed by atoms with Crippen LogP contribution in [0.1, 0.15) is 0 Å². The fourth-order valence-corrected chi connectivity index (χ4v) is 4.84. The minimum atomic E-state index is -0.187. The van der Waals surface area contributed by atoms with E-state index in [2.05, 4.69) is 27.1 Å². The van der Waals surface area contributed by atoms with Gasteiger partial charge in [-0.1, -0.05) is 41.6 Å². The van der Waals surface area contributed by atoms with Gasteiger partial charge in [0.05, 0.1) is 27.0 Å². The number of para-hydroxylation sites is 1. The number of thiophene rings is 1. The maximum Gasteiger partial charge on any atom is 0.234 e. The lowest BCUT2D eigenvalue weighted by Crippen LogP contribution is -2.15. The predicted octanol–water partition coefficient (Wildman–Crippen LogP) is 4.71. The number of fused-ring (bicyclic) bond motifs is 1. The number of rotatable bonds is 7. The topological polar surface area (TPSA) is 98.7 Å². The molecule has 4 aromatic rings. The standard InChI is InChI=1S/C20H17ClN6OS2/c1-2-10-27-18(17-16(22)12-6-5-9-23-19(12)30-17)25-26-20(27)29-11-15(28)24-14-8-4-3-7-13(14)21/h2-9H,1,10-11,22H2,(H,24,28). The number of pyridine rings is 1. The Balaban J connectivity index is 1.57. The van der Waals surface area contributed by atoms with Crippen molar-refractivity contribution < 1.29 is 4.79 Å². The summed E-state index contributed by atoms with van der Waals surface area (Å²) < 4.78 is 1.89. The summed E-state index contributed by atoms with van der Waals surface area (Å²) in [5, 5.41) is 13.4. The highest BCUT2D eigenvalue weighted by Gasteiger charge is 2.20. The number of carbonyl (C=O) groups excluding carboxylic acids is 1. The van der Waals surface area contributed by atoms with Crippen LogP contribution < -0.4 is 11.1 Å². The first-order chi connectivity index (χ1) is 14.6. The molecule has 0 saturated heterocycles. The van der Waals surface area contributed by atoms with E-state index >= 15 is 0 Å². The van der Waals surface area contributed by atoms with Crippen LogP contribution in [0.15, 0.2) is 60.4 Å². The molecule has 3 heterocycles. The molecule has 1 amide bonds. The molecule has 1 aromatic carbocycles. The van der Waals surface area contributed by atoms with E-state index in [0.29, 0.717) is 33.9 Å². The summed E-state index contributed by atoms with van der Waals surface area (Å²) in [6.45, 7) is 4.30. The summed E-state index contributed by atoms with van der Waals surface area (Å²) in [6, 6.07) is 10.9. The first-order valence-corrected chi connectivity index (χ1v) is 11.1. The van der Waals surface area contributed by atoms with Crippen molar-refractivity contribution in [1.82, 2.24) is 19.7 Å². The summed E-state index contributed by atoms with van der Waals surface area (Å²) in [5.41, 5.74) is 7.54. The van der Waals surface area contributed by atoms with Gasteiger partial charge in [0.25, 0.3) is 0 Å². The third-order valence-corrected chi connectivity index (χ3v) is 6.64. The Kier molecular flexibility index (Phi) is 6.03. The van der Waals surface area contributed by atoms with Gasteiger partial charge in [0.1, 0.15) is 4.83 Å². The number of allylic oxidation sites excluding steroid dienone is 1. The lowest BCUT2D eigenvalue weighted by Gasteiger charge is -2.08. The Labute approximate surface area is 186 Å². The molecule has 0 spiro atoms. The highest BCUT2D eigenvalue weighted by Crippen LogP contribution is 2.39. The Morgan fingerprint density at radius 3 is 2.90 bits per heavy atom. The van der Waals surface area contributed by atoms with E-state index in [4.69, 9.17) is 17.3 Å². The van der Waals surface area contributed by atoms with Crippen molar-refractivity contribution in [2.75, 3.05) is 16.8 Å². The Hall–Kier alpha value is -2.88. The molecule has 7 nitrogen and oxygen atoms in total. The van der Waals surface area contributed by atoms with E-state index in [1.165, 1.54) is 23.1 Å². The number of halogens is 1. The van der Waals surface area contributed by atoms with E-state index in [1.54, 1.807) is 30.5 Å². The lowest BCUT2D eigenvalue weighted by atomic mass is 10.2. The average molecular weight is 457 g/mol. The van der Waals surface area contributed by atoms with E-state index in [-0.39, 0.29) is 11.7 Å². The highest BCUT2D eigenvalue weighted by molar-refractivity contribution is 7.99. The quantitative estimate of drug-likeness (QED) is 0.308. The minimum absolute atomic E-state index is 0.157. The summed E-state index contributed by atoms with van der Waals surface area (Å²) in [4.78, 5) is 18.4. The summed E-state index contributed by atoms with van der Waals surface area (Å²) in [5.74, 6) is 0.599. The number of nitrogens with zero attached hydrogens (tertiary/aromatic N) is 4.